The number of hydrogen-bond donors (Lipinski definition) is 1. The zero-order chi connectivity index (χ0) is 14.5. The highest BCUT2D eigenvalue weighted by Gasteiger charge is 2.17. The van der Waals surface area contributed by atoms with Gasteiger partial charge in [0.25, 0.3) is 0 Å². The topological polar surface area (TPSA) is 15.3 Å². The molecule has 1 aliphatic heterocycles. The molecule has 0 amide bonds. The van der Waals surface area contributed by atoms with E-state index in [1.54, 1.807) is 0 Å². The lowest BCUT2D eigenvalue weighted by atomic mass is 9.98. The second-order valence-corrected chi connectivity index (χ2v) is 5.68. The Bertz CT molecular complexity index is 577. The Balaban J connectivity index is 2.00. The van der Waals surface area contributed by atoms with Gasteiger partial charge in [0, 0.05) is 24.5 Å². The van der Waals surface area contributed by atoms with Gasteiger partial charge in [0.2, 0.25) is 0 Å². The van der Waals surface area contributed by atoms with Gasteiger partial charge in [0.05, 0.1) is 0 Å². The van der Waals surface area contributed by atoms with Gasteiger partial charge in [-0.25, -0.2) is 0 Å². The van der Waals surface area contributed by atoms with Crippen molar-refractivity contribution in [1.29, 1.82) is 0 Å². The van der Waals surface area contributed by atoms with E-state index in [-0.39, 0.29) is 0 Å². The molecule has 0 bridgehead atoms. The van der Waals surface area contributed by atoms with Crippen molar-refractivity contribution in [2.24, 2.45) is 0 Å². The van der Waals surface area contributed by atoms with Crippen molar-refractivity contribution in [3.8, 4) is 0 Å². The molecule has 0 aliphatic carbocycles. The third-order valence-corrected chi connectivity index (χ3v) is 4.21. The van der Waals surface area contributed by atoms with E-state index in [1.807, 2.05) is 0 Å². The van der Waals surface area contributed by atoms with Crippen molar-refractivity contribution in [1.82, 2.24) is 5.32 Å². The van der Waals surface area contributed by atoms with Crippen LogP contribution in [-0.4, -0.2) is 13.1 Å². The maximum absolute atomic E-state index is 3.47. The maximum atomic E-state index is 3.47. The molecule has 1 N–H and O–H groups in total. The molecule has 0 saturated heterocycles. The quantitative estimate of drug-likeness (QED) is 0.880. The molecule has 0 fully saturated rings. The fourth-order valence-electron chi connectivity index (χ4n) is 3.08. The summed E-state index contributed by atoms with van der Waals surface area (Å²) in [6.45, 7) is 5.43. The van der Waals surface area contributed by atoms with Gasteiger partial charge in [-0.1, -0.05) is 43.7 Å². The first kappa shape index (κ1) is 14.2. The minimum atomic E-state index is 1.000. The number of unbranched alkanes of at least 4 members (excludes halogenated alkanes) is 1. The zero-order valence-corrected chi connectivity index (χ0v) is 12.8. The van der Waals surface area contributed by atoms with E-state index in [2.05, 4.69) is 65.7 Å². The monoisotopic (exact) mass is 280 g/mol. The molecule has 0 spiro atoms. The van der Waals surface area contributed by atoms with Crippen molar-refractivity contribution in [3.05, 3.63) is 59.7 Å². The molecule has 0 atom stereocenters. The standard InChI is InChI=1S/C19H24N2/c1-2-3-14-21(17-9-5-4-6-10-17)19-11-7-8-16-15-20-13-12-18(16)19/h4-11,20H,2-3,12-15H2,1H3. The summed E-state index contributed by atoms with van der Waals surface area (Å²) in [4.78, 5) is 2.49. The van der Waals surface area contributed by atoms with Crippen LogP contribution in [0.25, 0.3) is 0 Å². The summed E-state index contributed by atoms with van der Waals surface area (Å²) in [6, 6.07) is 17.5. The van der Waals surface area contributed by atoms with Crippen LogP contribution in [0.15, 0.2) is 48.5 Å². The molecule has 1 aliphatic rings. The lowest BCUT2D eigenvalue weighted by molar-refractivity contribution is 0.642. The lowest BCUT2D eigenvalue weighted by Crippen LogP contribution is -2.27. The zero-order valence-electron chi connectivity index (χ0n) is 12.8. The first-order valence-electron chi connectivity index (χ1n) is 8.04. The highest BCUT2D eigenvalue weighted by Crippen LogP contribution is 2.32. The molecular weight excluding hydrogens is 256 g/mol. The van der Waals surface area contributed by atoms with Crippen LogP contribution < -0.4 is 10.2 Å². The second kappa shape index (κ2) is 6.77. The molecule has 2 heteroatoms. The van der Waals surface area contributed by atoms with Crippen molar-refractivity contribution < 1.29 is 0 Å². The predicted octanol–water partition coefficient (Wildman–Crippen LogP) is 4.27. The van der Waals surface area contributed by atoms with Crippen LogP contribution in [0.2, 0.25) is 0 Å². The Morgan fingerprint density at radius 3 is 2.71 bits per heavy atom. The van der Waals surface area contributed by atoms with Crippen LogP contribution in [0.5, 0.6) is 0 Å². The van der Waals surface area contributed by atoms with Gasteiger partial charge < -0.3 is 10.2 Å². The molecule has 2 aromatic rings. The molecule has 0 unspecified atom stereocenters. The molecule has 0 aromatic heterocycles. The molecule has 3 rings (SSSR count). The van der Waals surface area contributed by atoms with E-state index in [9.17, 15) is 0 Å². The van der Waals surface area contributed by atoms with Gasteiger partial charge in [-0.15, -0.1) is 0 Å². The molecule has 2 aromatic carbocycles. The van der Waals surface area contributed by atoms with E-state index in [4.69, 9.17) is 0 Å². The summed E-state index contributed by atoms with van der Waals surface area (Å²) in [5.41, 5.74) is 5.68. The van der Waals surface area contributed by atoms with Crippen LogP contribution in [0, 0.1) is 0 Å². The third kappa shape index (κ3) is 3.11. The van der Waals surface area contributed by atoms with E-state index in [1.165, 1.54) is 35.3 Å². The lowest BCUT2D eigenvalue weighted by Gasteiger charge is -2.30. The Kier molecular flexibility index (Phi) is 4.56. The molecule has 21 heavy (non-hydrogen) atoms. The second-order valence-electron chi connectivity index (χ2n) is 5.68. The highest BCUT2D eigenvalue weighted by atomic mass is 15.1. The minimum Gasteiger partial charge on any atom is -0.341 e. The third-order valence-electron chi connectivity index (χ3n) is 4.21. The molecule has 0 saturated carbocycles. The van der Waals surface area contributed by atoms with Crippen LogP contribution in [0.3, 0.4) is 0 Å². The van der Waals surface area contributed by atoms with Crippen LogP contribution in [-0.2, 0) is 13.0 Å². The summed E-state index contributed by atoms with van der Waals surface area (Å²) in [5.74, 6) is 0. The van der Waals surface area contributed by atoms with Crippen molar-refractivity contribution in [2.45, 2.75) is 32.7 Å². The van der Waals surface area contributed by atoms with Crippen LogP contribution in [0.1, 0.15) is 30.9 Å². The number of rotatable bonds is 5. The van der Waals surface area contributed by atoms with Gasteiger partial charge in [0.15, 0.2) is 0 Å². The van der Waals surface area contributed by atoms with Gasteiger partial charge in [-0.05, 0) is 48.7 Å². The Labute approximate surface area is 127 Å². The van der Waals surface area contributed by atoms with E-state index in [0.717, 1.165) is 26.1 Å². The largest absolute Gasteiger partial charge is 0.341 e. The van der Waals surface area contributed by atoms with E-state index < -0.39 is 0 Å². The average molecular weight is 280 g/mol. The summed E-state index contributed by atoms with van der Waals surface area (Å²) in [6.07, 6.45) is 3.57. The molecule has 110 valence electrons. The van der Waals surface area contributed by atoms with Gasteiger partial charge in [0.1, 0.15) is 0 Å². The van der Waals surface area contributed by atoms with Gasteiger partial charge in [-0.3, -0.25) is 0 Å². The number of benzene rings is 2. The smallest absolute Gasteiger partial charge is 0.0447 e. The first-order valence-corrected chi connectivity index (χ1v) is 8.04. The number of nitrogens with one attached hydrogen (secondary N) is 1. The van der Waals surface area contributed by atoms with E-state index in [0.29, 0.717) is 0 Å². The molecular formula is C19H24N2. The molecule has 0 radical (unpaired) electrons. The summed E-state index contributed by atoms with van der Waals surface area (Å²) in [7, 11) is 0. The predicted molar refractivity (Wildman–Crippen MR) is 90.2 cm³/mol. The first-order chi connectivity index (χ1) is 10.4. The minimum absolute atomic E-state index is 1.000. The van der Waals surface area contributed by atoms with E-state index >= 15 is 0 Å². The Morgan fingerprint density at radius 2 is 1.90 bits per heavy atom. The fourth-order valence-corrected chi connectivity index (χ4v) is 3.08. The van der Waals surface area contributed by atoms with Crippen LogP contribution in [0.4, 0.5) is 11.4 Å². The maximum Gasteiger partial charge on any atom is 0.0447 e. The summed E-state index contributed by atoms with van der Waals surface area (Å²) < 4.78 is 0. The van der Waals surface area contributed by atoms with Crippen molar-refractivity contribution in [3.63, 3.8) is 0 Å². The molecule has 1 heterocycles. The number of hydrogen-bond acceptors (Lipinski definition) is 2. The Morgan fingerprint density at radius 1 is 1.05 bits per heavy atom. The number of fused-ring (bicyclic) bond motifs is 1. The molecule has 2 nitrogen and oxygen atoms in total. The normalized spacial score (nSPS) is 13.8. The average Bonchev–Trinajstić information content (AvgIpc) is 2.56. The number of anilines is 2. The summed E-state index contributed by atoms with van der Waals surface area (Å²) in [5, 5.41) is 3.47. The van der Waals surface area contributed by atoms with Crippen molar-refractivity contribution in [2.75, 3.05) is 18.0 Å². The highest BCUT2D eigenvalue weighted by molar-refractivity contribution is 5.68. The SMILES string of the molecule is CCCCN(c1ccccc1)c1cccc2c1CCNC2. The van der Waals surface area contributed by atoms with Crippen LogP contribution >= 0.6 is 0 Å². The summed E-state index contributed by atoms with van der Waals surface area (Å²) >= 11 is 0. The Hall–Kier alpha value is -1.80. The van der Waals surface area contributed by atoms with Gasteiger partial charge in [-0.2, -0.15) is 0 Å². The number of para-hydroxylation sites is 1. The van der Waals surface area contributed by atoms with Crippen molar-refractivity contribution >= 4 is 11.4 Å². The fraction of sp³-hybridized carbons (Fsp3) is 0.368. The van der Waals surface area contributed by atoms with Gasteiger partial charge >= 0.3 is 0 Å². The number of nitrogens with zero attached hydrogens (tertiary/aromatic N) is 1.